The van der Waals surface area contributed by atoms with Crippen LogP contribution in [0.3, 0.4) is 0 Å². The third-order valence-corrected chi connectivity index (χ3v) is 4.68. The molecule has 12 heavy (non-hydrogen) atoms. The second kappa shape index (κ2) is 3.01. The van der Waals surface area contributed by atoms with Crippen molar-refractivity contribution in [1.82, 2.24) is 4.98 Å². The number of fused-ring (bicyclic) bond motifs is 1. The second-order valence-corrected chi connectivity index (χ2v) is 4.97. The highest BCUT2D eigenvalue weighted by atomic mass is 127. The van der Waals surface area contributed by atoms with Crippen LogP contribution in [-0.2, 0) is 0 Å². The first-order chi connectivity index (χ1) is 5.70. The van der Waals surface area contributed by atoms with E-state index in [0.29, 0.717) is 0 Å². The monoisotopic (exact) mass is 310 g/mol. The summed E-state index contributed by atoms with van der Waals surface area (Å²) in [4.78, 5) is 4.20. The van der Waals surface area contributed by atoms with Crippen molar-refractivity contribution >= 4 is 61.4 Å². The lowest BCUT2D eigenvalue weighted by molar-refractivity contribution is 1.42. The van der Waals surface area contributed by atoms with E-state index in [9.17, 15) is 0 Å². The summed E-state index contributed by atoms with van der Waals surface area (Å²) in [5.41, 5.74) is 7.40. The molecule has 2 nitrogen and oxygen atoms in total. The Hall–Kier alpha value is -0.0700. The standard InChI is InChI=1S/C7H4ClIN2S/c8-7-4(9)5-6(12-7)3(10)1-2-11-5/h1-2H,(H2,10,11). The molecule has 0 unspecified atom stereocenters. The van der Waals surface area contributed by atoms with Crippen LogP contribution in [0.4, 0.5) is 5.69 Å². The molecular weight excluding hydrogens is 307 g/mol. The Morgan fingerprint density at radius 2 is 2.33 bits per heavy atom. The zero-order valence-electron chi connectivity index (χ0n) is 5.84. The van der Waals surface area contributed by atoms with Gasteiger partial charge in [-0.2, -0.15) is 0 Å². The number of nitrogens with zero attached hydrogens (tertiary/aromatic N) is 1. The van der Waals surface area contributed by atoms with Gasteiger partial charge in [0.25, 0.3) is 0 Å². The van der Waals surface area contributed by atoms with E-state index in [1.54, 1.807) is 12.3 Å². The minimum atomic E-state index is 0.745. The van der Waals surface area contributed by atoms with Gasteiger partial charge >= 0.3 is 0 Å². The fourth-order valence-corrected chi connectivity index (χ4v) is 3.00. The maximum atomic E-state index is 5.94. The summed E-state index contributed by atoms with van der Waals surface area (Å²) in [6.07, 6.45) is 1.70. The van der Waals surface area contributed by atoms with Crippen molar-refractivity contribution in [1.29, 1.82) is 0 Å². The quantitative estimate of drug-likeness (QED) is 0.759. The minimum absolute atomic E-state index is 0.745. The minimum Gasteiger partial charge on any atom is -0.397 e. The molecule has 62 valence electrons. The lowest BCUT2D eigenvalue weighted by Crippen LogP contribution is -1.85. The summed E-state index contributed by atoms with van der Waals surface area (Å²) in [5, 5.41) is 0. The highest BCUT2D eigenvalue weighted by Crippen LogP contribution is 2.37. The summed E-state index contributed by atoms with van der Waals surface area (Å²) in [6, 6.07) is 1.78. The maximum Gasteiger partial charge on any atom is 0.109 e. The van der Waals surface area contributed by atoms with Crippen molar-refractivity contribution in [2.24, 2.45) is 0 Å². The summed E-state index contributed by atoms with van der Waals surface area (Å²) in [7, 11) is 0. The van der Waals surface area contributed by atoms with Crippen molar-refractivity contribution in [2.45, 2.75) is 0 Å². The van der Waals surface area contributed by atoms with Crippen LogP contribution in [0.5, 0.6) is 0 Å². The van der Waals surface area contributed by atoms with Crippen LogP contribution in [0.1, 0.15) is 0 Å². The molecule has 0 amide bonds. The Morgan fingerprint density at radius 3 is 3.00 bits per heavy atom. The Bertz CT molecular complexity index is 440. The molecule has 2 N–H and O–H groups in total. The average Bonchev–Trinajstić information content (AvgIpc) is 2.32. The van der Waals surface area contributed by atoms with Crippen LogP contribution >= 0.6 is 45.5 Å². The molecule has 2 rings (SSSR count). The molecule has 0 saturated carbocycles. The van der Waals surface area contributed by atoms with Crippen molar-refractivity contribution in [2.75, 3.05) is 5.73 Å². The smallest absolute Gasteiger partial charge is 0.109 e. The molecule has 0 atom stereocenters. The van der Waals surface area contributed by atoms with E-state index in [-0.39, 0.29) is 0 Å². The third-order valence-electron chi connectivity index (χ3n) is 1.51. The van der Waals surface area contributed by atoms with Crippen LogP contribution in [0.25, 0.3) is 10.2 Å². The summed E-state index contributed by atoms with van der Waals surface area (Å²) >= 11 is 9.59. The molecule has 5 heteroatoms. The molecular formula is C7H4ClIN2S. The predicted octanol–water partition coefficient (Wildman–Crippen LogP) is 3.14. The third kappa shape index (κ3) is 1.18. The fraction of sp³-hybridized carbons (Fsp3) is 0. The SMILES string of the molecule is Nc1ccnc2c(I)c(Cl)sc12. The van der Waals surface area contributed by atoms with Crippen molar-refractivity contribution < 1.29 is 0 Å². The van der Waals surface area contributed by atoms with E-state index < -0.39 is 0 Å². The molecule has 0 aliphatic carbocycles. The molecule has 2 heterocycles. The second-order valence-electron chi connectivity index (χ2n) is 2.27. The number of halogens is 2. The summed E-state index contributed by atoms with van der Waals surface area (Å²) < 4.78 is 2.73. The number of rotatable bonds is 0. The van der Waals surface area contributed by atoms with Gasteiger partial charge in [0, 0.05) is 6.20 Å². The first-order valence-electron chi connectivity index (χ1n) is 3.18. The van der Waals surface area contributed by atoms with E-state index in [0.717, 1.165) is 23.8 Å². The molecule has 0 bridgehead atoms. The van der Waals surface area contributed by atoms with Gasteiger partial charge in [0.15, 0.2) is 0 Å². The van der Waals surface area contributed by atoms with Crippen LogP contribution < -0.4 is 5.73 Å². The molecule has 0 aromatic carbocycles. The van der Waals surface area contributed by atoms with Gasteiger partial charge in [0.2, 0.25) is 0 Å². The van der Waals surface area contributed by atoms with Gasteiger partial charge in [-0.3, -0.25) is 4.98 Å². The first-order valence-corrected chi connectivity index (χ1v) is 5.45. The topological polar surface area (TPSA) is 38.9 Å². The number of pyridine rings is 1. The Labute approximate surface area is 91.9 Å². The first kappa shape index (κ1) is 8.52. The number of hydrogen-bond donors (Lipinski definition) is 1. The normalized spacial score (nSPS) is 10.8. The zero-order valence-corrected chi connectivity index (χ0v) is 9.57. The highest BCUT2D eigenvalue weighted by molar-refractivity contribution is 14.1. The maximum absolute atomic E-state index is 5.94. The van der Waals surface area contributed by atoms with E-state index in [1.165, 1.54) is 11.3 Å². The lowest BCUT2D eigenvalue weighted by atomic mass is 10.3. The van der Waals surface area contributed by atoms with E-state index >= 15 is 0 Å². The number of nitrogen functional groups attached to an aromatic ring is 1. The predicted molar refractivity (Wildman–Crippen MR) is 61.8 cm³/mol. The van der Waals surface area contributed by atoms with Gasteiger partial charge in [-0.15, -0.1) is 11.3 Å². The van der Waals surface area contributed by atoms with Crippen LogP contribution in [0, 0.1) is 3.57 Å². The van der Waals surface area contributed by atoms with Gasteiger partial charge in [-0.25, -0.2) is 0 Å². The van der Waals surface area contributed by atoms with Crippen LogP contribution in [-0.4, -0.2) is 4.98 Å². The van der Waals surface area contributed by atoms with Gasteiger partial charge in [-0.05, 0) is 28.7 Å². The summed E-state index contributed by atoms with van der Waals surface area (Å²) in [5.74, 6) is 0. The van der Waals surface area contributed by atoms with E-state index in [2.05, 4.69) is 27.6 Å². The van der Waals surface area contributed by atoms with Crippen molar-refractivity contribution in [3.63, 3.8) is 0 Å². The number of thiophene rings is 1. The van der Waals surface area contributed by atoms with Crippen LogP contribution in [0.2, 0.25) is 4.34 Å². The van der Waals surface area contributed by atoms with Crippen LogP contribution in [0.15, 0.2) is 12.3 Å². The van der Waals surface area contributed by atoms with E-state index in [4.69, 9.17) is 17.3 Å². The molecule has 2 aromatic heterocycles. The zero-order chi connectivity index (χ0) is 8.72. The molecule has 0 spiro atoms. The van der Waals surface area contributed by atoms with Crippen molar-refractivity contribution in [3.05, 3.63) is 20.2 Å². The molecule has 0 aliphatic rings. The molecule has 0 aliphatic heterocycles. The molecule has 0 fully saturated rings. The Kier molecular flexibility index (Phi) is 2.14. The van der Waals surface area contributed by atoms with Gasteiger partial charge in [0.05, 0.1) is 19.5 Å². The number of nitrogens with two attached hydrogens (primary N) is 1. The lowest BCUT2D eigenvalue weighted by Gasteiger charge is -1.92. The number of aromatic nitrogens is 1. The molecule has 0 radical (unpaired) electrons. The fourth-order valence-electron chi connectivity index (χ4n) is 0.954. The number of hydrogen-bond acceptors (Lipinski definition) is 3. The number of anilines is 1. The highest BCUT2D eigenvalue weighted by Gasteiger charge is 2.10. The summed E-state index contributed by atoms with van der Waals surface area (Å²) in [6.45, 7) is 0. The molecule has 2 aromatic rings. The molecule has 0 saturated heterocycles. The average molecular weight is 311 g/mol. The van der Waals surface area contributed by atoms with Gasteiger partial charge in [0.1, 0.15) is 4.34 Å². The largest absolute Gasteiger partial charge is 0.397 e. The van der Waals surface area contributed by atoms with Crippen molar-refractivity contribution in [3.8, 4) is 0 Å². The van der Waals surface area contributed by atoms with Gasteiger partial charge in [-0.1, -0.05) is 11.6 Å². The van der Waals surface area contributed by atoms with E-state index in [1.807, 2.05) is 0 Å². The van der Waals surface area contributed by atoms with Gasteiger partial charge < -0.3 is 5.73 Å². The Balaban J connectivity index is 2.95. The Morgan fingerprint density at radius 1 is 1.58 bits per heavy atom.